The quantitative estimate of drug-likeness (QED) is 0.777. The molecule has 0 saturated heterocycles. The predicted octanol–water partition coefficient (Wildman–Crippen LogP) is 2.95. The van der Waals surface area contributed by atoms with E-state index in [0.29, 0.717) is 5.69 Å². The molecule has 2 heterocycles. The van der Waals surface area contributed by atoms with Crippen LogP contribution < -0.4 is 10.6 Å². The first-order chi connectivity index (χ1) is 11.1. The summed E-state index contributed by atoms with van der Waals surface area (Å²) in [5.41, 5.74) is 2.12. The van der Waals surface area contributed by atoms with Gasteiger partial charge < -0.3 is 10.6 Å². The highest BCUT2D eigenvalue weighted by atomic mass is 19.1. The van der Waals surface area contributed by atoms with Gasteiger partial charge in [-0.15, -0.1) is 0 Å². The van der Waals surface area contributed by atoms with Crippen molar-refractivity contribution in [2.24, 2.45) is 7.05 Å². The van der Waals surface area contributed by atoms with Crippen LogP contribution in [0.15, 0.2) is 55.1 Å². The minimum atomic E-state index is -0.658. The Morgan fingerprint density at radius 3 is 2.74 bits per heavy atom. The second-order valence-electron chi connectivity index (χ2n) is 4.92. The van der Waals surface area contributed by atoms with Crippen LogP contribution in [0.25, 0.3) is 0 Å². The lowest BCUT2D eigenvalue weighted by molar-refractivity contribution is 0.102. The third-order valence-corrected chi connectivity index (χ3v) is 3.13. The minimum Gasteiger partial charge on any atom is -0.353 e. The van der Waals surface area contributed by atoms with Gasteiger partial charge in [0.25, 0.3) is 5.91 Å². The monoisotopic (exact) mass is 311 g/mol. The van der Waals surface area contributed by atoms with E-state index in [1.54, 1.807) is 29.1 Å². The molecule has 116 valence electrons. The van der Waals surface area contributed by atoms with Crippen LogP contribution in [0.1, 0.15) is 10.4 Å². The molecule has 0 spiro atoms. The molecule has 0 saturated carbocycles. The summed E-state index contributed by atoms with van der Waals surface area (Å²) < 4.78 is 15.2. The van der Waals surface area contributed by atoms with Gasteiger partial charge in [0, 0.05) is 30.8 Å². The Balaban J connectivity index is 1.75. The van der Waals surface area contributed by atoms with Crippen molar-refractivity contribution in [2.45, 2.75) is 0 Å². The largest absolute Gasteiger partial charge is 0.353 e. The number of aryl methyl sites for hydroxylation is 1. The van der Waals surface area contributed by atoms with Crippen LogP contribution in [0.2, 0.25) is 0 Å². The van der Waals surface area contributed by atoms with Gasteiger partial charge in [-0.3, -0.25) is 14.5 Å². The molecule has 1 amide bonds. The van der Waals surface area contributed by atoms with Gasteiger partial charge in [-0.2, -0.15) is 5.10 Å². The van der Waals surface area contributed by atoms with E-state index in [4.69, 9.17) is 0 Å². The lowest BCUT2D eigenvalue weighted by Crippen LogP contribution is -2.13. The van der Waals surface area contributed by atoms with Gasteiger partial charge >= 0.3 is 0 Å². The molecule has 23 heavy (non-hydrogen) atoms. The van der Waals surface area contributed by atoms with Crippen LogP contribution in [0, 0.1) is 5.82 Å². The number of aromatic nitrogens is 3. The number of nitrogens with zero attached hydrogens (tertiary/aromatic N) is 3. The summed E-state index contributed by atoms with van der Waals surface area (Å²) in [7, 11) is 1.82. The standard InChI is InChI=1S/C16H14FN5O/c1-22-10-13(8-19-22)20-11-3-2-4-12(7-11)21-16(23)14-5-6-18-9-15(14)17/h2-10,20H,1H3,(H,21,23). The average molecular weight is 311 g/mol. The van der Waals surface area contributed by atoms with Crippen LogP contribution in [0.5, 0.6) is 0 Å². The van der Waals surface area contributed by atoms with Gasteiger partial charge in [0.05, 0.1) is 23.6 Å². The summed E-state index contributed by atoms with van der Waals surface area (Å²) in [6, 6.07) is 8.46. The number of halogens is 1. The molecule has 0 radical (unpaired) electrons. The van der Waals surface area contributed by atoms with E-state index in [1.807, 2.05) is 19.3 Å². The number of nitrogens with one attached hydrogen (secondary N) is 2. The van der Waals surface area contributed by atoms with Gasteiger partial charge in [-0.25, -0.2) is 4.39 Å². The molecular weight excluding hydrogens is 297 g/mol. The fourth-order valence-corrected chi connectivity index (χ4v) is 2.08. The molecule has 0 atom stereocenters. The third kappa shape index (κ3) is 3.52. The number of rotatable bonds is 4. The predicted molar refractivity (Wildman–Crippen MR) is 85.1 cm³/mol. The van der Waals surface area contributed by atoms with E-state index < -0.39 is 11.7 Å². The van der Waals surface area contributed by atoms with E-state index >= 15 is 0 Å². The summed E-state index contributed by atoms with van der Waals surface area (Å²) in [4.78, 5) is 15.7. The molecule has 0 fully saturated rings. The summed E-state index contributed by atoms with van der Waals surface area (Å²) in [5.74, 6) is -1.18. The smallest absolute Gasteiger partial charge is 0.258 e. The normalized spacial score (nSPS) is 10.3. The number of anilines is 3. The number of hydrogen-bond donors (Lipinski definition) is 2. The first-order valence-corrected chi connectivity index (χ1v) is 6.88. The van der Waals surface area contributed by atoms with Crippen LogP contribution in [0.3, 0.4) is 0 Å². The summed E-state index contributed by atoms with van der Waals surface area (Å²) in [5, 5.41) is 9.90. The highest BCUT2D eigenvalue weighted by Crippen LogP contribution is 2.20. The number of carbonyl (C=O) groups is 1. The topological polar surface area (TPSA) is 71.8 Å². The number of hydrogen-bond acceptors (Lipinski definition) is 4. The van der Waals surface area contributed by atoms with Crippen LogP contribution in [-0.2, 0) is 7.05 Å². The lowest BCUT2D eigenvalue weighted by Gasteiger charge is -2.08. The maximum absolute atomic E-state index is 13.6. The lowest BCUT2D eigenvalue weighted by atomic mass is 10.2. The maximum Gasteiger partial charge on any atom is 0.258 e. The Hall–Kier alpha value is -3.22. The Kier molecular flexibility index (Phi) is 4.01. The molecule has 6 nitrogen and oxygen atoms in total. The zero-order valence-electron chi connectivity index (χ0n) is 12.3. The fourth-order valence-electron chi connectivity index (χ4n) is 2.08. The second kappa shape index (κ2) is 6.27. The Bertz CT molecular complexity index is 846. The van der Waals surface area contributed by atoms with Crippen molar-refractivity contribution < 1.29 is 9.18 Å². The number of pyridine rings is 1. The summed E-state index contributed by atoms with van der Waals surface area (Å²) >= 11 is 0. The van der Waals surface area contributed by atoms with Gasteiger partial charge in [-0.1, -0.05) is 6.07 Å². The van der Waals surface area contributed by atoms with E-state index in [0.717, 1.165) is 17.6 Å². The Morgan fingerprint density at radius 1 is 1.17 bits per heavy atom. The highest BCUT2D eigenvalue weighted by molar-refractivity contribution is 6.04. The third-order valence-electron chi connectivity index (χ3n) is 3.13. The molecule has 0 aliphatic rings. The van der Waals surface area contributed by atoms with Crippen molar-refractivity contribution in [3.05, 3.63) is 66.5 Å². The zero-order valence-corrected chi connectivity index (χ0v) is 12.3. The maximum atomic E-state index is 13.6. The van der Waals surface area contributed by atoms with Crippen LogP contribution in [-0.4, -0.2) is 20.7 Å². The fraction of sp³-hybridized carbons (Fsp3) is 0.0625. The van der Waals surface area contributed by atoms with Crippen molar-refractivity contribution in [1.29, 1.82) is 0 Å². The highest BCUT2D eigenvalue weighted by Gasteiger charge is 2.11. The Labute approximate surface area is 132 Å². The Morgan fingerprint density at radius 2 is 2.00 bits per heavy atom. The molecular formula is C16H14FN5O. The number of carbonyl (C=O) groups excluding carboxylic acids is 1. The SMILES string of the molecule is Cn1cc(Nc2cccc(NC(=O)c3ccncc3F)c2)cn1. The van der Waals surface area contributed by atoms with Gasteiger partial charge in [0.2, 0.25) is 0 Å². The zero-order chi connectivity index (χ0) is 16.2. The van der Waals surface area contributed by atoms with E-state index in [1.165, 1.54) is 12.3 Å². The van der Waals surface area contributed by atoms with E-state index in [9.17, 15) is 9.18 Å². The molecule has 0 aliphatic heterocycles. The first kappa shape index (κ1) is 14.7. The van der Waals surface area contributed by atoms with Gasteiger partial charge in [0.15, 0.2) is 5.82 Å². The van der Waals surface area contributed by atoms with E-state index in [-0.39, 0.29) is 5.56 Å². The van der Waals surface area contributed by atoms with Crippen molar-refractivity contribution >= 4 is 23.0 Å². The van der Waals surface area contributed by atoms with Gasteiger partial charge in [0.1, 0.15) is 0 Å². The minimum absolute atomic E-state index is 0.0504. The summed E-state index contributed by atoms with van der Waals surface area (Å²) in [6.07, 6.45) is 5.91. The summed E-state index contributed by atoms with van der Waals surface area (Å²) in [6.45, 7) is 0. The molecule has 7 heteroatoms. The average Bonchev–Trinajstić information content (AvgIpc) is 2.93. The molecule has 3 aromatic rings. The van der Waals surface area contributed by atoms with Crippen LogP contribution >= 0.6 is 0 Å². The molecule has 0 bridgehead atoms. The number of benzene rings is 1. The van der Waals surface area contributed by atoms with Crippen molar-refractivity contribution in [3.63, 3.8) is 0 Å². The van der Waals surface area contributed by atoms with Crippen molar-refractivity contribution in [2.75, 3.05) is 10.6 Å². The molecule has 0 unspecified atom stereocenters. The van der Waals surface area contributed by atoms with E-state index in [2.05, 4.69) is 20.7 Å². The van der Waals surface area contributed by atoms with Gasteiger partial charge in [-0.05, 0) is 24.3 Å². The van der Waals surface area contributed by atoms with Crippen molar-refractivity contribution in [3.8, 4) is 0 Å². The molecule has 1 aromatic carbocycles. The molecule has 2 aromatic heterocycles. The molecule has 0 aliphatic carbocycles. The second-order valence-corrected chi connectivity index (χ2v) is 4.92. The first-order valence-electron chi connectivity index (χ1n) is 6.88. The van der Waals surface area contributed by atoms with Crippen molar-refractivity contribution in [1.82, 2.24) is 14.8 Å². The molecule has 3 rings (SSSR count). The molecule has 2 N–H and O–H groups in total. The van der Waals surface area contributed by atoms with Crippen LogP contribution in [0.4, 0.5) is 21.5 Å². The number of amides is 1.